The lowest BCUT2D eigenvalue weighted by atomic mass is 10.1. The van der Waals surface area contributed by atoms with Gasteiger partial charge in [0.1, 0.15) is 0 Å². The van der Waals surface area contributed by atoms with Crippen LogP contribution in [0.4, 0.5) is 11.9 Å². The van der Waals surface area contributed by atoms with Crippen LogP contribution in [-0.4, -0.2) is 53.1 Å². The van der Waals surface area contributed by atoms with Crippen LogP contribution in [0.25, 0.3) is 22.9 Å². The summed E-state index contributed by atoms with van der Waals surface area (Å²) in [7, 11) is 2.12. The molecule has 6 nitrogen and oxygen atoms in total. The van der Waals surface area contributed by atoms with Crippen molar-refractivity contribution in [3.63, 3.8) is 0 Å². The minimum Gasteiger partial charge on any atom is -0.368 e. The fourth-order valence-electron chi connectivity index (χ4n) is 3.10. The average Bonchev–Trinajstić information content (AvgIpc) is 2.66. The van der Waals surface area contributed by atoms with E-state index in [0.717, 1.165) is 31.7 Å². The van der Waals surface area contributed by atoms with Crippen molar-refractivity contribution in [2.24, 2.45) is 0 Å². The van der Waals surface area contributed by atoms with E-state index in [1.165, 1.54) is 10.8 Å². The van der Waals surface area contributed by atoms with Gasteiger partial charge in [-0.2, -0.15) is 15.0 Å². The third-order valence-corrected chi connectivity index (χ3v) is 4.64. The summed E-state index contributed by atoms with van der Waals surface area (Å²) in [6, 6.07) is 14.7. The van der Waals surface area contributed by atoms with Crippen molar-refractivity contribution < 1.29 is 0 Å². The van der Waals surface area contributed by atoms with Crippen molar-refractivity contribution in [3.05, 3.63) is 53.9 Å². The molecule has 0 saturated carbocycles. The number of aromatic nitrogens is 3. The number of nitrogens with two attached hydrogens (primary N) is 1. The molecule has 0 atom stereocenters. The molecule has 26 heavy (non-hydrogen) atoms. The van der Waals surface area contributed by atoms with Crippen LogP contribution in [0.5, 0.6) is 0 Å². The molecule has 1 saturated heterocycles. The van der Waals surface area contributed by atoms with Crippen molar-refractivity contribution in [2.45, 2.75) is 0 Å². The third-order valence-electron chi connectivity index (χ3n) is 4.64. The molecule has 4 rings (SSSR count). The number of hydrogen-bond donors (Lipinski definition) is 1. The van der Waals surface area contributed by atoms with Crippen molar-refractivity contribution >= 4 is 34.8 Å². The zero-order valence-corrected chi connectivity index (χ0v) is 14.8. The molecule has 0 unspecified atom stereocenters. The number of nitrogen functional groups attached to an aromatic ring is 1. The minimum atomic E-state index is 0.257. The summed E-state index contributed by atoms with van der Waals surface area (Å²) in [6.45, 7) is 3.78. The highest BCUT2D eigenvalue weighted by Crippen LogP contribution is 2.18. The Labute approximate surface area is 153 Å². The predicted molar refractivity (Wildman–Crippen MR) is 107 cm³/mol. The highest BCUT2D eigenvalue weighted by Gasteiger charge is 2.17. The summed E-state index contributed by atoms with van der Waals surface area (Å²) in [4.78, 5) is 17.6. The van der Waals surface area contributed by atoms with E-state index in [9.17, 15) is 0 Å². The predicted octanol–water partition coefficient (Wildman–Crippen LogP) is 2.53. The fraction of sp³-hybridized carbons (Fsp3) is 0.250. The van der Waals surface area contributed by atoms with Gasteiger partial charge in [0.15, 0.2) is 5.82 Å². The van der Waals surface area contributed by atoms with Crippen molar-refractivity contribution in [1.29, 1.82) is 0 Å². The maximum atomic E-state index is 5.90. The van der Waals surface area contributed by atoms with Gasteiger partial charge in [-0.15, -0.1) is 0 Å². The number of fused-ring (bicyclic) bond motifs is 1. The van der Waals surface area contributed by atoms with Gasteiger partial charge in [0.25, 0.3) is 0 Å². The van der Waals surface area contributed by atoms with Gasteiger partial charge in [0.2, 0.25) is 11.9 Å². The van der Waals surface area contributed by atoms with Crippen LogP contribution < -0.4 is 10.6 Å². The van der Waals surface area contributed by atoms with Gasteiger partial charge >= 0.3 is 0 Å². The van der Waals surface area contributed by atoms with Crippen LogP contribution in [0, 0.1) is 0 Å². The largest absolute Gasteiger partial charge is 0.368 e. The quantitative estimate of drug-likeness (QED) is 0.786. The molecule has 0 amide bonds. The zero-order chi connectivity index (χ0) is 17.9. The Morgan fingerprint density at radius 2 is 1.65 bits per heavy atom. The van der Waals surface area contributed by atoms with Gasteiger partial charge in [-0.25, -0.2) is 0 Å². The zero-order valence-electron chi connectivity index (χ0n) is 14.8. The topological polar surface area (TPSA) is 71.2 Å². The second kappa shape index (κ2) is 7.09. The Morgan fingerprint density at radius 3 is 2.46 bits per heavy atom. The second-order valence-corrected chi connectivity index (χ2v) is 6.58. The SMILES string of the molecule is CN1CCN(c2nc(N)nc(/C=C/c3ccc4ccccc4c3)n2)CC1. The number of nitrogens with zero attached hydrogens (tertiary/aromatic N) is 5. The van der Waals surface area contributed by atoms with Gasteiger partial charge in [-0.3, -0.25) is 0 Å². The fourth-order valence-corrected chi connectivity index (χ4v) is 3.10. The molecular formula is C20H22N6. The van der Waals surface area contributed by atoms with Gasteiger partial charge in [0.05, 0.1) is 0 Å². The molecule has 1 fully saturated rings. The van der Waals surface area contributed by atoms with E-state index in [2.05, 4.69) is 62.1 Å². The summed E-state index contributed by atoms with van der Waals surface area (Å²) >= 11 is 0. The molecule has 0 spiro atoms. The molecule has 2 aromatic carbocycles. The number of anilines is 2. The highest BCUT2D eigenvalue weighted by molar-refractivity contribution is 5.85. The van der Waals surface area contributed by atoms with Crippen LogP contribution in [0.1, 0.15) is 11.4 Å². The third kappa shape index (κ3) is 3.65. The Morgan fingerprint density at radius 1 is 0.885 bits per heavy atom. The Bertz CT molecular complexity index is 944. The first kappa shape index (κ1) is 16.5. The molecular weight excluding hydrogens is 324 g/mol. The number of likely N-dealkylation sites (N-methyl/N-ethyl adjacent to an activating group) is 1. The maximum Gasteiger partial charge on any atom is 0.230 e. The molecule has 0 radical (unpaired) electrons. The second-order valence-electron chi connectivity index (χ2n) is 6.58. The highest BCUT2D eigenvalue weighted by atomic mass is 15.3. The molecule has 6 heteroatoms. The summed E-state index contributed by atoms with van der Waals surface area (Å²) in [5, 5.41) is 2.44. The molecule has 0 aliphatic carbocycles. The molecule has 1 aliphatic rings. The number of rotatable bonds is 3. The Kier molecular flexibility index (Phi) is 4.50. The Balaban J connectivity index is 1.57. The van der Waals surface area contributed by atoms with Gasteiger partial charge in [-0.05, 0) is 35.5 Å². The summed E-state index contributed by atoms with van der Waals surface area (Å²) in [6.07, 6.45) is 3.90. The number of hydrogen-bond acceptors (Lipinski definition) is 6. The molecule has 2 N–H and O–H groups in total. The van der Waals surface area contributed by atoms with E-state index in [0.29, 0.717) is 11.8 Å². The van der Waals surface area contributed by atoms with E-state index >= 15 is 0 Å². The lowest BCUT2D eigenvalue weighted by Crippen LogP contribution is -2.45. The monoisotopic (exact) mass is 346 g/mol. The molecule has 0 bridgehead atoms. The lowest BCUT2D eigenvalue weighted by molar-refractivity contribution is 0.311. The first-order valence-corrected chi connectivity index (χ1v) is 8.79. The van der Waals surface area contributed by atoms with Crippen LogP contribution in [-0.2, 0) is 0 Å². The van der Waals surface area contributed by atoms with Crippen LogP contribution in [0.15, 0.2) is 42.5 Å². The van der Waals surface area contributed by atoms with Crippen molar-refractivity contribution in [3.8, 4) is 0 Å². The first-order chi connectivity index (χ1) is 12.7. The standard InChI is InChI=1S/C20H22N6/c1-25-10-12-26(13-11-25)20-23-18(22-19(21)24-20)9-7-15-6-8-16-4-2-3-5-17(16)14-15/h2-9,14H,10-13H2,1H3,(H2,21,22,23,24)/b9-7+. The number of piperazine rings is 1. The van der Waals surface area contributed by atoms with E-state index in [-0.39, 0.29) is 5.95 Å². The van der Waals surface area contributed by atoms with Crippen LogP contribution in [0.3, 0.4) is 0 Å². The molecule has 132 valence electrons. The van der Waals surface area contributed by atoms with Gasteiger partial charge in [0, 0.05) is 26.2 Å². The molecule has 1 aliphatic heterocycles. The van der Waals surface area contributed by atoms with Gasteiger partial charge in [-0.1, -0.05) is 42.5 Å². The Hall–Kier alpha value is -2.99. The smallest absolute Gasteiger partial charge is 0.230 e. The van der Waals surface area contributed by atoms with E-state index in [4.69, 9.17) is 5.73 Å². The summed E-state index contributed by atoms with van der Waals surface area (Å²) < 4.78 is 0. The summed E-state index contributed by atoms with van der Waals surface area (Å²) in [5.41, 5.74) is 7.00. The minimum absolute atomic E-state index is 0.257. The normalized spacial score (nSPS) is 15.8. The lowest BCUT2D eigenvalue weighted by Gasteiger charge is -2.32. The van der Waals surface area contributed by atoms with Crippen molar-refractivity contribution in [2.75, 3.05) is 43.9 Å². The molecule has 1 aromatic heterocycles. The van der Waals surface area contributed by atoms with E-state index < -0.39 is 0 Å². The number of benzene rings is 2. The first-order valence-electron chi connectivity index (χ1n) is 8.79. The van der Waals surface area contributed by atoms with Crippen LogP contribution >= 0.6 is 0 Å². The van der Waals surface area contributed by atoms with Crippen LogP contribution in [0.2, 0.25) is 0 Å². The molecule has 3 aromatic rings. The van der Waals surface area contributed by atoms with E-state index in [1.807, 2.05) is 24.3 Å². The van der Waals surface area contributed by atoms with Gasteiger partial charge < -0.3 is 15.5 Å². The average molecular weight is 346 g/mol. The maximum absolute atomic E-state index is 5.90. The van der Waals surface area contributed by atoms with E-state index in [1.54, 1.807) is 0 Å². The molecule has 2 heterocycles. The summed E-state index contributed by atoms with van der Waals surface area (Å²) in [5.74, 6) is 1.50. The van der Waals surface area contributed by atoms with Crippen molar-refractivity contribution in [1.82, 2.24) is 19.9 Å².